The van der Waals surface area contributed by atoms with Gasteiger partial charge in [0, 0.05) is 29.7 Å². The monoisotopic (exact) mass is 554 g/mol. The molecule has 12 nitrogen and oxygen atoms in total. The second-order valence-electron chi connectivity index (χ2n) is 7.63. The number of benzene rings is 2. The molecule has 3 N–H and O–H groups in total. The minimum Gasteiger partial charge on any atom is -0.344 e. The highest BCUT2D eigenvalue weighted by Gasteiger charge is 2.23. The summed E-state index contributed by atoms with van der Waals surface area (Å²) in [6.45, 7) is 1.78. The van der Waals surface area contributed by atoms with E-state index in [9.17, 15) is 36.9 Å². The van der Waals surface area contributed by atoms with Gasteiger partial charge in [0.25, 0.3) is 21.7 Å². The Morgan fingerprint density at radius 1 is 1.14 bits per heavy atom. The predicted molar refractivity (Wildman–Crippen MR) is 129 cm³/mol. The van der Waals surface area contributed by atoms with Crippen LogP contribution in [0.5, 0.6) is 0 Å². The number of sulfonamides is 1. The van der Waals surface area contributed by atoms with E-state index in [-0.39, 0.29) is 40.1 Å². The van der Waals surface area contributed by atoms with E-state index in [1.165, 1.54) is 0 Å². The van der Waals surface area contributed by atoms with Crippen LogP contribution in [0, 0.1) is 21.7 Å². The van der Waals surface area contributed by atoms with E-state index in [1.807, 2.05) is 0 Å². The van der Waals surface area contributed by atoms with E-state index in [2.05, 4.69) is 24.7 Å². The number of carbonyl (C=O) groups excluding carboxylic acids is 2. The molecule has 3 aromatic rings. The Morgan fingerprint density at radius 3 is 2.38 bits per heavy atom. The van der Waals surface area contributed by atoms with Gasteiger partial charge in [0.1, 0.15) is 17.7 Å². The third-order valence-corrected chi connectivity index (χ3v) is 6.73. The molecule has 2 amide bonds. The molecule has 0 fully saturated rings. The Bertz CT molecular complexity index is 1390. The van der Waals surface area contributed by atoms with E-state index in [0.29, 0.717) is 24.0 Å². The average molecular weight is 555 g/mol. The molecule has 0 aliphatic carbocycles. The number of rotatable bonds is 11. The lowest BCUT2D eigenvalue weighted by Gasteiger charge is -2.17. The van der Waals surface area contributed by atoms with Crippen molar-refractivity contribution in [2.75, 3.05) is 10.0 Å². The average Bonchev–Trinajstić information content (AvgIpc) is 3.23. The fourth-order valence-corrected chi connectivity index (χ4v) is 4.67. The summed E-state index contributed by atoms with van der Waals surface area (Å²) in [6.07, 6.45) is 0.409. The lowest BCUT2D eigenvalue weighted by atomic mass is 10.1. The highest BCUT2D eigenvalue weighted by atomic mass is 32.2. The Kier molecular flexibility index (Phi) is 8.77. The minimum absolute atomic E-state index is 0.0612. The number of nitrogens with zero attached hydrogens (tertiary/aromatic N) is 3. The van der Waals surface area contributed by atoms with Crippen LogP contribution < -0.4 is 15.4 Å². The van der Waals surface area contributed by atoms with Crippen LogP contribution in [0.1, 0.15) is 25.3 Å². The molecule has 0 saturated heterocycles. The predicted octanol–water partition coefficient (Wildman–Crippen LogP) is 2.99. The van der Waals surface area contributed by atoms with E-state index in [0.717, 1.165) is 36.4 Å². The van der Waals surface area contributed by atoms with Crippen molar-refractivity contribution in [2.24, 2.45) is 0 Å². The third kappa shape index (κ3) is 7.71. The summed E-state index contributed by atoms with van der Waals surface area (Å²) in [5, 5.41) is 15.6. The zero-order valence-corrected chi connectivity index (χ0v) is 20.7. The van der Waals surface area contributed by atoms with Crippen LogP contribution in [-0.4, -0.2) is 40.6 Å². The normalized spacial score (nSPS) is 12.0. The number of nitrogens with one attached hydrogen (secondary N) is 3. The van der Waals surface area contributed by atoms with Crippen LogP contribution in [0.4, 0.5) is 25.5 Å². The molecule has 0 aliphatic heterocycles. The minimum atomic E-state index is -4.16. The van der Waals surface area contributed by atoms with Crippen molar-refractivity contribution in [3.8, 4) is 0 Å². The first-order chi connectivity index (χ1) is 17.5. The Balaban J connectivity index is 1.63. The SMILES string of the molecule is CCCC(NC(=O)Cc1cc(F)cc(F)c1)C(=O)Nc1nc(NS(=O)(=O)c2ccc([N+](=O)[O-])cc2)ns1. The fraction of sp³-hybridized carbons (Fsp3) is 0.238. The zero-order chi connectivity index (χ0) is 27.2. The van der Waals surface area contributed by atoms with Gasteiger partial charge in [0.15, 0.2) is 0 Å². The number of amides is 2. The summed E-state index contributed by atoms with van der Waals surface area (Å²) in [6, 6.07) is 5.86. The molecule has 3 rings (SSSR count). The van der Waals surface area contributed by atoms with Crippen LogP contribution in [0.2, 0.25) is 0 Å². The van der Waals surface area contributed by atoms with Gasteiger partial charge in [-0.1, -0.05) is 13.3 Å². The molecule has 0 spiro atoms. The number of aromatic nitrogens is 2. The van der Waals surface area contributed by atoms with Crippen molar-refractivity contribution in [1.82, 2.24) is 14.7 Å². The molecule has 0 saturated carbocycles. The number of halogens is 2. The summed E-state index contributed by atoms with van der Waals surface area (Å²) < 4.78 is 57.6. The largest absolute Gasteiger partial charge is 0.344 e. The van der Waals surface area contributed by atoms with Gasteiger partial charge in [0.05, 0.1) is 16.2 Å². The molecule has 1 heterocycles. The molecule has 1 atom stereocenters. The van der Waals surface area contributed by atoms with Gasteiger partial charge in [-0.05, 0) is 36.2 Å². The number of hydrogen-bond acceptors (Lipinski definition) is 9. The number of non-ortho nitro benzene ring substituents is 1. The number of nitro benzene ring substituents is 1. The van der Waals surface area contributed by atoms with E-state index < -0.39 is 44.4 Å². The summed E-state index contributed by atoms with van der Waals surface area (Å²) in [5.41, 5.74) is -0.188. The number of carbonyl (C=O) groups is 2. The number of anilines is 2. The van der Waals surface area contributed by atoms with Gasteiger partial charge in [0.2, 0.25) is 16.9 Å². The summed E-state index contributed by atoms with van der Waals surface area (Å²) in [7, 11) is -4.16. The Hall–Kier alpha value is -4.05. The van der Waals surface area contributed by atoms with Crippen LogP contribution in [0.15, 0.2) is 47.4 Å². The standard InChI is InChI=1S/C21H20F2N6O6S2/c1-2-3-17(24-18(30)10-12-8-13(22)11-14(23)9-12)19(31)25-21-26-20(27-36-21)28-37(34,35)16-6-4-15(5-7-16)29(32)33/h4-9,11,17H,2-3,10H2,1H3,(H,24,30)(H2,25,26,27,28,31). The number of hydrogen-bond donors (Lipinski definition) is 3. The highest BCUT2D eigenvalue weighted by Crippen LogP contribution is 2.21. The maximum absolute atomic E-state index is 13.4. The van der Waals surface area contributed by atoms with Gasteiger partial charge in [-0.15, -0.1) is 0 Å². The second kappa shape index (κ2) is 11.8. The maximum Gasteiger partial charge on any atom is 0.269 e. The summed E-state index contributed by atoms with van der Waals surface area (Å²) in [4.78, 5) is 38.8. The van der Waals surface area contributed by atoms with Gasteiger partial charge in [-0.25, -0.2) is 21.9 Å². The van der Waals surface area contributed by atoms with Crippen molar-refractivity contribution in [2.45, 2.75) is 37.1 Å². The lowest BCUT2D eigenvalue weighted by molar-refractivity contribution is -0.384. The molecule has 37 heavy (non-hydrogen) atoms. The van der Waals surface area contributed by atoms with Crippen molar-refractivity contribution in [3.05, 3.63) is 69.8 Å². The van der Waals surface area contributed by atoms with Crippen LogP contribution in [0.25, 0.3) is 0 Å². The van der Waals surface area contributed by atoms with Gasteiger partial charge >= 0.3 is 0 Å². The number of nitro groups is 1. The molecule has 1 unspecified atom stereocenters. The molecular formula is C21H20F2N6O6S2. The molecule has 196 valence electrons. The molecular weight excluding hydrogens is 534 g/mol. The molecule has 0 bridgehead atoms. The Morgan fingerprint density at radius 2 is 1.78 bits per heavy atom. The van der Waals surface area contributed by atoms with E-state index in [1.54, 1.807) is 6.92 Å². The highest BCUT2D eigenvalue weighted by molar-refractivity contribution is 7.92. The van der Waals surface area contributed by atoms with Gasteiger partial charge in [-0.2, -0.15) is 9.36 Å². The molecule has 2 aromatic carbocycles. The first-order valence-electron chi connectivity index (χ1n) is 10.6. The molecule has 1 aromatic heterocycles. The van der Waals surface area contributed by atoms with Crippen molar-refractivity contribution in [3.63, 3.8) is 0 Å². The second-order valence-corrected chi connectivity index (χ2v) is 10.1. The maximum atomic E-state index is 13.4. The van der Waals surface area contributed by atoms with Gasteiger partial charge in [-0.3, -0.25) is 25.0 Å². The molecule has 0 aliphatic rings. The van der Waals surface area contributed by atoms with Crippen LogP contribution in [-0.2, 0) is 26.0 Å². The first-order valence-corrected chi connectivity index (χ1v) is 12.9. The van der Waals surface area contributed by atoms with Crippen LogP contribution in [0.3, 0.4) is 0 Å². The molecule has 16 heteroatoms. The van der Waals surface area contributed by atoms with Crippen molar-refractivity contribution in [1.29, 1.82) is 0 Å². The lowest BCUT2D eigenvalue weighted by Crippen LogP contribution is -2.44. The van der Waals surface area contributed by atoms with Crippen LogP contribution >= 0.6 is 11.5 Å². The Labute approximate surface area is 213 Å². The summed E-state index contributed by atoms with van der Waals surface area (Å²) in [5.74, 6) is -3.29. The van der Waals surface area contributed by atoms with Crippen molar-refractivity contribution < 1.29 is 31.7 Å². The topological polar surface area (TPSA) is 173 Å². The fourth-order valence-electron chi connectivity index (χ4n) is 3.14. The summed E-state index contributed by atoms with van der Waals surface area (Å²) >= 11 is 0.675. The van der Waals surface area contributed by atoms with Gasteiger partial charge < -0.3 is 5.32 Å². The first kappa shape index (κ1) is 27.5. The van der Waals surface area contributed by atoms with E-state index in [4.69, 9.17) is 0 Å². The third-order valence-electron chi connectivity index (χ3n) is 4.76. The van der Waals surface area contributed by atoms with Crippen molar-refractivity contribution >= 4 is 50.1 Å². The smallest absolute Gasteiger partial charge is 0.269 e. The van der Waals surface area contributed by atoms with E-state index >= 15 is 0 Å². The quantitative estimate of drug-likeness (QED) is 0.240. The zero-order valence-electron chi connectivity index (χ0n) is 19.1. The molecule has 0 radical (unpaired) electrons.